The van der Waals surface area contributed by atoms with Crippen LogP contribution in [-0.2, 0) is 12.7 Å². The maximum atomic E-state index is 12.5. The monoisotopic (exact) mass is 306 g/mol. The fourth-order valence-electron chi connectivity index (χ4n) is 2.01. The average Bonchev–Trinajstić information content (AvgIpc) is 3.04. The highest BCUT2D eigenvalue weighted by Crippen LogP contribution is 2.30. The number of hydrogen-bond donors (Lipinski definition) is 1. The van der Waals surface area contributed by atoms with E-state index in [9.17, 15) is 13.2 Å². The van der Waals surface area contributed by atoms with Gasteiger partial charge in [-0.1, -0.05) is 0 Å². The first-order chi connectivity index (χ1) is 9.50. The molecule has 1 aliphatic heterocycles. The largest absolute Gasteiger partial charge is 0.434 e. The highest BCUT2D eigenvalue weighted by molar-refractivity contribution is 7.09. The van der Waals surface area contributed by atoms with Gasteiger partial charge in [0.1, 0.15) is 5.01 Å². The lowest BCUT2D eigenvalue weighted by molar-refractivity contribution is -0.140. The summed E-state index contributed by atoms with van der Waals surface area (Å²) in [5.41, 5.74) is -0.834. The van der Waals surface area contributed by atoms with Gasteiger partial charge in [0, 0.05) is 25.0 Å². The molecule has 1 fully saturated rings. The second-order valence-corrected chi connectivity index (χ2v) is 5.43. The summed E-state index contributed by atoms with van der Waals surface area (Å²) in [6.07, 6.45) is -2.13. The molecule has 1 aromatic heterocycles. The van der Waals surface area contributed by atoms with E-state index in [1.54, 1.807) is 0 Å². The Bertz CT molecular complexity index is 464. The number of rotatable bonds is 3. The standard InChI is InChI=1S/C12H17F3N4S/c1-2-16-11(19-5-3-4-6-19)17-7-10-18-9(8-20-10)12(13,14)15/h8H,2-7H2,1H3,(H,16,17). The van der Waals surface area contributed by atoms with E-state index < -0.39 is 11.9 Å². The molecule has 8 heteroatoms. The van der Waals surface area contributed by atoms with E-state index in [0.717, 1.165) is 55.2 Å². The molecule has 1 aromatic rings. The Hall–Kier alpha value is -1.31. The first kappa shape index (κ1) is 15.1. The Balaban J connectivity index is 2.03. The van der Waals surface area contributed by atoms with Gasteiger partial charge in [-0.3, -0.25) is 0 Å². The molecule has 0 unspecified atom stereocenters. The van der Waals surface area contributed by atoms with Crippen molar-refractivity contribution in [3.63, 3.8) is 0 Å². The minimum atomic E-state index is -4.38. The van der Waals surface area contributed by atoms with Gasteiger partial charge in [0.15, 0.2) is 11.7 Å². The summed E-state index contributed by atoms with van der Waals surface area (Å²) in [6.45, 7) is 4.77. The van der Waals surface area contributed by atoms with Crippen molar-refractivity contribution < 1.29 is 13.2 Å². The minimum absolute atomic E-state index is 0.180. The zero-order valence-corrected chi connectivity index (χ0v) is 12.0. The number of alkyl halides is 3. The van der Waals surface area contributed by atoms with Gasteiger partial charge < -0.3 is 10.2 Å². The van der Waals surface area contributed by atoms with Gasteiger partial charge in [-0.25, -0.2) is 9.98 Å². The summed E-state index contributed by atoms with van der Waals surface area (Å²) >= 11 is 0.995. The summed E-state index contributed by atoms with van der Waals surface area (Å²) in [6, 6.07) is 0. The van der Waals surface area contributed by atoms with Crippen molar-refractivity contribution in [3.05, 3.63) is 16.1 Å². The lowest BCUT2D eigenvalue weighted by Gasteiger charge is -2.20. The summed E-state index contributed by atoms with van der Waals surface area (Å²) in [4.78, 5) is 10.1. The third-order valence-electron chi connectivity index (χ3n) is 2.95. The van der Waals surface area contributed by atoms with Crippen LogP contribution in [0.3, 0.4) is 0 Å². The molecule has 2 heterocycles. The van der Waals surface area contributed by atoms with Crippen LogP contribution in [0.1, 0.15) is 30.5 Å². The van der Waals surface area contributed by atoms with Crippen LogP contribution in [0.2, 0.25) is 0 Å². The molecule has 0 bridgehead atoms. The van der Waals surface area contributed by atoms with Crippen molar-refractivity contribution in [1.29, 1.82) is 0 Å². The molecule has 2 rings (SSSR count). The summed E-state index contributed by atoms with van der Waals surface area (Å²) < 4.78 is 37.4. The molecule has 1 saturated heterocycles. The number of nitrogens with zero attached hydrogens (tertiary/aromatic N) is 3. The zero-order valence-electron chi connectivity index (χ0n) is 11.2. The molecule has 4 nitrogen and oxygen atoms in total. The number of guanidine groups is 1. The molecule has 1 N–H and O–H groups in total. The van der Waals surface area contributed by atoms with Crippen LogP contribution in [0.15, 0.2) is 10.4 Å². The molecule has 0 saturated carbocycles. The van der Waals surface area contributed by atoms with Crippen molar-refractivity contribution in [2.75, 3.05) is 19.6 Å². The van der Waals surface area contributed by atoms with E-state index >= 15 is 0 Å². The van der Waals surface area contributed by atoms with E-state index in [2.05, 4.69) is 20.2 Å². The van der Waals surface area contributed by atoms with E-state index in [1.807, 2.05) is 6.92 Å². The van der Waals surface area contributed by atoms with E-state index in [1.165, 1.54) is 0 Å². The number of nitrogens with one attached hydrogen (secondary N) is 1. The lowest BCUT2D eigenvalue weighted by atomic mass is 10.4. The topological polar surface area (TPSA) is 40.5 Å². The van der Waals surface area contributed by atoms with Crippen molar-refractivity contribution in [1.82, 2.24) is 15.2 Å². The van der Waals surface area contributed by atoms with Gasteiger partial charge in [-0.2, -0.15) is 13.2 Å². The van der Waals surface area contributed by atoms with Crippen LogP contribution in [0.25, 0.3) is 0 Å². The zero-order chi connectivity index (χ0) is 14.6. The first-order valence-electron chi connectivity index (χ1n) is 6.55. The number of aromatic nitrogens is 1. The third kappa shape index (κ3) is 3.84. The van der Waals surface area contributed by atoms with Crippen LogP contribution in [-0.4, -0.2) is 35.5 Å². The Morgan fingerprint density at radius 1 is 1.45 bits per heavy atom. The maximum Gasteiger partial charge on any atom is 0.434 e. The number of halogens is 3. The number of hydrogen-bond acceptors (Lipinski definition) is 3. The van der Waals surface area contributed by atoms with Crippen molar-refractivity contribution >= 4 is 17.3 Å². The second-order valence-electron chi connectivity index (χ2n) is 4.49. The molecule has 0 amide bonds. The van der Waals surface area contributed by atoms with Crippen molar-refractivity contribution in [3.8, 4) is 0 Å². The van der Waals surface area contributed by atoms with Crippen LogP contribution < -0.4 is 5.32 Å². The molecular weight excluding hydrogens is 289 g/mol. The number of likely N-dealkylation sites (tertiary alicyclic amines) is 1. The molecule has 0 spiro atoms. The van der Waals surface area contributed by atoms with Crippen LogP contribution >= 0.6 is 11.3 Å². The highest BCUT2D eigenvalue weighted by atomic mass is 32.1. The first-order valence-corrected chi connectivity index (χ1v) is 7.43. The van der Waals surface area contributed by atoms with Crippen LogP contribution in [0.5, 0.6) is 0 Å². The maximum absolute atomic E-state index is 12.5. The van der Waals surface area contributed by atoms with E-state index in [-0.39, 0.29) is 6.54 Å². The average molecular weight is 306 g/mol. The predicted molar refractivity (Wildman–Crippen MR) is 72.7 cm³/mol. The van der Waals surface area contributed by atoms with Gasteiger partial charge in [-0.05, 0) is 19.8 Å². The van der Waals surface area contributed by atoms with Gasteiger partial charge in [0.25, 0.3) is 0 Å². The molecule has 1 aliphatic rings. The van der Waals surface area contributed by atoms with Crippen molar-refractivity contribution in [2.45, 2.75) is 32.5 Å². The van der Waals surface area contributed by atoms with Gasteiger partial charge in [0.05, 0.1) is 6.54 Å². The van der Waals surface area contributed by atoms with E-state index in [4.69, 9.17) is 0 Å². The Kier molecular flexibility index (Phi) is 4.85. The van der Waals surface area contributed by atoms with Gasteiger partial charge in [-0.15, -0.1) is 11.3 Å². The summed E-state index contributed by atoms with van der Waals surface area (Å²) in [5.74, 6) is 0.758. The van der Waals surface area contributed by atoms with E-state index in [0.29, 0.717) is 5.01 Å². The lowest BCUT2D eigenvalue weighted by Crippen LogP contribution is -2.39. The molecule has 0 aliphatic carbocycles. The molecular formula is C12H17F3N4S. The molecule has 0 atom stereocenters. The van der Waals surface area contributed by atoms with Gasteiger partial charge in [0.2, 0.25) is 0 Å². The Morgan fingerprint density at radius 3 is 2.70 bits per heavy atom. The molecule has 0 radical (unpaired) electrons. The number of aliphatic imine (C=N–C) groups is 1. The normalized spacial score (nSPS) is 16.8. The SMILES string of the molecule is CCNC(=NCc1nc(C(F)(F)F)cs1)N1CCCC1. The Morgan fingerprint density at radius 2 is 2.15 bits per heavy atom. The third-order valence-corrected chi connectivity index (χ3v) is 3.78. The number of thiazole rings is 1. The fraction of sp³-hybridized carbons (Fsp3) is 0.667. The quantitative estimate of drug-likeness (QED) is 0.689. The van der Waals surface area contributed by atoms with Crippen LogP contribution in [0, 0.1) is 0 Å². The highest BCUT2D eigenvalue weighted by Gasteiger charge is 2.33. The van der Waals surface area contributed by atoms with Gasteiger partial charge >= 0.3 is 6.18 Å². The summed E-state index contributed by atoms with van der Waals surface area (Å²) in [5, 5.41) is 4.58. The summed E-state index contributed by atoms with van der Waals surface area (Å²) in [7, 11) is 0. The van der Waals surface area contributed by atoms with Crippen molar-refractivity contribution in [2.24, 2.45) is 4.99 Å². The molecule has 20 heavy (non-hydrogen) atoms. The minimum Gasteiger partial charge on any atom is -0.357 e. The molecule has 112 valence electrons. The van der Waals surface area contributed by atoms with Crippen LogP contribution in [0.4, 0.5) is 13.2 Å². The second kappa shape index (κ2) is 6.43. The molecule has 0 aromatic carbocycles. The smallest absolute Gasteiger partial charge is 0.357 e. The predicted octanol–water partition coefficient (Wildman–Crippen LogP) is 2.72. The Labute approximate surface area is 119 Å². The fourth-order valence-corrected chi connectivity index (χ4v) is 2.74.